The summed E-state index contributed by atoms with van der Waals surface area (Å²) in [6.45, 7) is 3.23. The van der Waals surface area contributed by atoms with E-state index in [9.17, 15) is 4.79 Å². The molecule has 1 aromatic heterocycles. The molecule has 1 saturated heterocycles. The Morgan fingerprint density at radius 2 is 1.96 bits per heavy atom. The summed E-state index contributed by atoms with van der Waals surface area (Å²) in [6, 6.07) is 16.2. The smallest absolute Gasteiger partial charge is 0.223 e. The molecule has 3 aromatic rings. The number of piperazine rings is 1. The number of aromatic nitrogens is 1. The zero-order chi connectivity index (χ0) is 19.3. The fourth-order valence-corrected chi connectivity index (χ4v) is 5.38. The molecule has 7 heteroatoms. The van der Waals surface area contributed by atoms with Crippen molar-refractivity contribution >= 4 is 44.9 Å². The predicted octanol–water partition coefficient (Wildman–Crippen LogP) is 4.14. The van der Waals surface area contributed by atoms with Crippen LogP contribution in [0.15, 0.2) is 52.9 Å². The lowest BCUT2D eigenvalue weighted by molar-refractivity contribution is -0.131. The Morgan fingerprint density at radius 1 is 1.14 bits per heavy atom. The highest BCUT2D eigenvalue weighted by molar-refractivity contribution is 8.01. The number of thioether (sulfide) groups is 1. The van der Waals surface area contributed by atoms with Crippen molar-refractivity contribution in [1.82, 2.24) is 9.88 Å². The quantitative estimate of drug-likeness (QED) is 0.569. The fraction of sp³-hybridized carbons (Fsp3) is 0.333. The van der Waals surface area contributed by atoms with Crippen molar-refractivity contribution in [1.29, 1.82) is 0 Å². The number of ether oxygens (including phenoxy) is 1. The highest BCUT2D eigenvalue weighted by Crippen LogP contribution is 2.29. The standard InChI is InChI=1S/C21H23N3O2S2/c1-26-17-6-4-5-16(15-17)23-10-12-24(13-11-23)20(25)9-14-27-21-22-18-7-2-3-8-19(18)28-21/h2-8,15H,9-14H2,1H3. The maximum atomic E-state index is 12.6. The normalized spacial score (nSPS) is 14.5. The molecule has 1 fully saturated rings. The van der Waals surface area contributed by atoms with Crippen LogP contribution in [0.25, 0.3) is 10.2 Å². The molecule has 4 rings (SSSR count). The zero-order valence-electron chi connectivity index (χ0n) is 15.8. The summed E-state index contributed by atoms with van der Waals surface area (Å²) in [5.41, 5.74) is 2.19. The number of carbonyl (C=O) groups is 1. The third kappa shape index (κ3) is 4.42. The van der Waals surface area contributed by atoms with Crippen LogP contribution in [0.2, 0.25) is 0 Å². The largest absolute Gasteiger partial charge is 0.497 e. The first-order chi connectivity index (χ1) is 13.7. The average Bonchev–Trinajstić information content (AvgIpc) is 3.16. The van der Waals surface area contributed by atoms with Gasteiger partial charge >= 0.3 is 0 Å². The van der Waals surface area contributed by atoms with Gasteiger partial charge in [0.1, 0.15) is 5.75 Å². The topological polar surface area (TPSA) is 45.7 Å². The Kier molecular flexibility index (Phi) is 6.02. The molecule has 0 N–H and O–H groups in total. The van der Waals surface area contributed by atoms with Crippen LogP contribution >= 0.6 is 23.1 Å². The third-order valence-electron chi connectivity index (χ3n) is 4.87. The van der Waals surface area contributed by atoms with Crippen molar-refractivity contribution in [2.45, 2.75) is 10.8 Å². The molecule has 0 aliphatic carbocycles. The van der Waals surface area contributed by atoms with Gasteiger partial charge in [0.2, 0.25) is 5.91 Å². The Balaban J connectivity index is 1.24. The van der Waals surface area contributed by atoms with E-state index in [2.05, 4.69) is 22.0 Å². The monoisotopic (exact) mass is 413 g/mol. The van der Waals surface area contributed by atoms with Crippen LogP contribution in [0.4, 0.5) is 5.69 Å². The lowest BCUT2D eigenvalue weighted by Gasteiger charge is -2.36. The van der Waals surface area contributed by atoms with Gasteiger partial charge in [-0.3, -0.25) is 4.79 Å². The van der Waals surface area contributed by atoms with Crippen molar-refractivity contribution in [3.05, 3.63) is 48.5 Å². The number of carbonyl (C=O) groups excluding carboxylic acids is 1. The molecule has 0 atom stereocenters. The second-order valence-corrected chi connectivity index (χ2v) is 8.99. The molecule has 1 aliphatic heterocycles. The van der Waals surface area contributed by atoms with Crippen LogP contribution in [0.5, 0.6) is 5.75 Å². The highest BCUT2D eigenvalue weighted by Gasteiger charge is 2.21. The van der Waals surface area contributed by atoms with Gasteiger partial charge in [-0.2, -0.15) is 0 Å². The minimum atomic E-state index is 0.235. The zero-order valence-corrected chi connectivity index (χ0v) is 17.5. The minimum Gasteiger partial charge on any atom is -0.497 e. The van der Waals surface area contributed by atoms with Crippen molar-refractivity contribution in [3.8, 4) is 5.75 Å². The first kappa shape index (κ1) is 19.1. The number of nitrogens with zero attached hydrogens (tertiary/aromatic N) is 3. The summed E-state index contributed by atoms with van der Waals surface area (Å²) >= 11 is 3.37. The van der Waals surface area contributed by atoms with E-state index >= 15 is 0 Å². The first-order valence-corrected chi connectivity index (χ1v) is 11.2. The molecule has 28 heavy (non-hydrogen) atoms. The molecule has 0 saturated carbocycles. The van der Waals surface area contributed by atoms with E-state index in [0.29, 0.717) is 6.42 Å². The maximum Gasteiger partial charge on any atom is 0.223 e. The summed E-state index contributed by atoms with van der Waals surface area (Å²) in [5, 5.41) is 0. The van der Waals surface area contributed by atoms with Gasteiger partial charge in [0.15, 0.2) is 4.34 Å². The molecule has 0 radical (unpaired) electrons. The van der Waals surface area contributed by atoms with E-state index in [-0.39, 0.29) is 5.91 Å². The number of methoxy groups -OCH3 is 1. The van der Waals surface area contributed by atoms with Gasteiger partial charge in [-0.15, -0.1) is 11.3 Å². The highest BCUT2D eigenvalue weighted by atomic mass is 32.2. The first-order valence-electron chi connectivity index (χ1n) is 9.38. The molecule has 0 bridgehead atoms. The Hall–Kier alpha value is -2.25. The van der Waals surface area contributed by atoms with E-state index in [1.165, 1.54) is 4.70 Å². The van der Waals surface area contributed by atoms with Gasteiger partial charge in [0, 0.05) is 50.1 Å². The van der Waals surface area contributed by atoms with Crippen LogP contribution in [-0.2, 0) is 4.79 Å². The van der Waals surface area contributed by atoms with Gasteiger partial charge in [0.25, 0.3) is 0 Å². The number of rotatable bonds is 6. The number of benzene rings is 2. The van der Waals surface area contributed by atoms with Crippen LogP contribution in [0.3, 0.4) is 0 Å². The molecule has 146 valence electrons. The number of hydrogen-bond acceptors (Lipinski definition) is 6. The van der Waals surface area contributed by atoms with E-state index in [1.807, 2.05) is 41.3 Å². The van der Waals surface area contributed by atoms with E-state index in [0.717, 1.165) is 53.2 Å². The number of fused-ring (bicyclic) bond motifs is 1. The summed E-state index contributed by atoms with van der Waals surface area (Å²) in [5.74, 6) is 1.87. The van der Waals surface area contributed by atoms with E-state index < -0.39 is 0 Å². The number of thiazole rings is 1. The van der Waals surface area contributed by atoms with Crippen molar-refractivity contribution in [2.24, 2.45) is 0 Å². The summed E-state index contributed by atoms with van der Waals surface area (Å²) in [4.78, 5) is 21.5. The molecule has 2 heterocycles. The van der Waals surface area contributed by atoms with Gasteiger partial charge in [-0.25, -0.2) is 4.98 Å². The predicted molar refractivity (Wildman–Crippen MR) is 117 cm³/mol. The SMILES string of the molecule is COc1cccc(N2CCN(C(=O)CCSc3nc4ccccc4s3)CC2)c1. The molecule has 0 unspecified atom stereocenters. The molecular weight excluding hydrogens is 390 g/mol. The summed E-state index contributed by atoms with van der Waals surface area (Å²) in [7, 11) is 1.68. The van der Waals surface area contributed by atoms with Crippen LogP contribution in [0.1, 0.15) is 6.42 Å². The summed E-state index contributed by atoms with van der Waals surface area (Å²) in [6.07, 6.45) is 0.555. The number of hydrogen-bond donors (Lipinski definition) is 0. The van der Waals surface area contributed by atoms with Gasteiger partial charge in [0.05, 0.1) is 17.3 Å². The number of amides is 1. The van der Waals surface area contributed by atoms with E-state index in [4.69, 9.17) is 4.74 Å². The van der Waals surface area contributed by atoms with Crippen molar-refractivity contribution in [3.63, 3.8) is 0 Å². The molecule has 1 aliphatic rings. The minimum absolute atomic E-state index is 0.235. The molecule has 1 amide bonds. The van der Waals surface area contributed by atoms with Gasteiger partial charge in [-0.1, -0.05) is 30.0 Å². The van der Waals surface area contributed by atoms with Crippen molar-refractivity contribution < 1.29 is 9.53 Å². The second-order valence-electron chi connectivity index (χ2n) is 6.62. The lowest BCUT2D eigenvalue weighted by Crippen LogP contribution is -2.48. The number of anilines is 1. The van der Waals surface area contributed by atoms with Gasteiger partial charge < -0.3 is 14.5 Å². The second kappa shape index (κ2) is 8.84. The van der Waals surface area contributed by atoms with Crippen LogP contribution < -0.4 is 9.64 Å². The van der Waals surface area contributed by atoms with Crippen LogP contribution in [-0.4, -0.2) is 54.8 Å². The molecule has 0 spiro atoms. The Bertz CT molecular complexity index is 918. The molecule has 2 aromatic carbocycles. The van der Waals surface area contributed by atoms with Crippen LogP contribution in [0, 0.1) is 0 Å². The third-order valence-corrected chi connectivity index (χ3v) is 7.05. The molecule has 5 nitrogen and oxygen atoms in total. The summed E-state index contributed by atoms with van der Waals surface area (Å²) < 4.78 is 7.55. The van der Waals surface area contributed by atoms with Crippen molar-refractivity contribution in [2.75, 3.05) is 43.9 Å². The fourth-order valence-electron chi connectivity index (χ4n) is 3.32. The average molecular weight is 414 g/mol. The Morgan fingerprint density at radius 3 is 2.75 bits per heavy atom. The van der Waals surface area contributed by atoms with E-state index in [1.54, 1.807) is 30.2 Å². The van der Waals surface area contributed by atoms with Gasteiger partial charge in [-0.05, 0) is 24.3 Å². The number of para-hydroxylation sites is 1. The maximum absolute atomic E-state index is 12.6. The Labute approximate surface area is 173 Å². The molecular formula is C21H23N3O2S2. The lowest BCUT2D eigenvalue weighted by atomic mass is 10.2.